The Balaban J connectivity index is 2.23. The second-order valence-corrected chi connectivity index (χ2v) is 2.66. The first kappa shape index (κ1) is 5.24. The molecule has 2 aliphatic rings. The van der Waals surface area contributed by atoms with Crippen LogP contribution in [0.2, 0.25) is 0 Å². The highest BCUT2D eigenvalue weighted by molar-refractivity contribution is 5.26. The quantitative estimate of drug-likeness (QED) is 0.508. The molecule has 1 N–H and O–H groups in total. The highest BCUT2D eigenvalue weighted by Gasteiger charge is 2.19. The fourth-order valence-electron chi connectivity index (χ4n) is 1.54. The lowest BCUT2D eigenvalue weighted by Gasteiger charge is -2.11. The minimum Gasteiger partial charge on any atom is -0.310 e. The highest BCUT2D eigenvalue weighted by Crippen LogP contribution is 2.20. The van der Waals surface area contributed by atoms with Crippen molar-refractivity contribution in [1.82, 2.24) is 5.32 Å². The second-order valence-electron chi connectivity index (χ2n) is 2.66. The Hall–Kier alpha value is -0.560. The van der Waals surface area contributed by atoms with Gasteiger partial charge in [-0.15, -0.1) is 0 Å². The van der Waals surface area contributed by atoms with Crippen molar-refractivity contribution in [2.75, 3.05) is 6.54 Å². The third-order valence-corrected chi connectivity index (χ3v) is 2.07. The molecule has 2 rings (SSSR count). The Morgan fingerprint density at radius 3 is 3.44 bits per heavy atom. The molecule has 0 spiro atoms. The topological polar surface area (TPSA) is 12.0 Å². The van der Waals surface area contributed by atoms with E-state index < -0.39 is 0 Å². The van der Waals surface area contributed by atoms with E-state index in [4.69, 9.17) is 0 Å². The number of nitrogens with one attached hydrogen (secondary N) is 1. The molecule has 1 heteroatoms. The van der Waals surface area contributed by atoms with Gasteiger partial charge in [-0.2, -0.15) is 0 Å². The molecule has 1 unspecified atom stereocenters. The van der Waals surface area contributed by atoms with Gasteiger partial charge in [-0.3, -0.25) is 0 Å². The molecular formula is C8H11N. The van der Waals surface area contributed by atoms with Gasteiger partial charge in [0.25, 0.3) is 0 Å². The number of hydrogen-bond acceptors (Lipinski definition) is 1. The van der Waals surface area contributed by atoms with E-state index in [1.165, 1.54) is 19.4 Å². The maximum absolute atomic E-state index is 3.44. The highest BCUT2D eigenvalue weighted by atomic mass is 14.9. The van der Waals surface area contributed by atoms with Gasteiger partial charge in [-0.1, -0.05) is 23.8 Å². The van der Waals surface area contributed by atoms with Crippen LogP contribution in [-0.2, 0) is 0 Å². The van der Waals surface area contributed by atoms with Gasteiger partial charge in [-0.05, 0) is 19.4 Å². The zero-order valence-electron chi connectivity index (χ0n) is 5.43. The minimum atomic E-state index is 0.690. The van der Waals surface area contributed by atoms with Crippen molar-refractivity contribution in [3.05, 3.63) is 23.8 Å². The van der Waals surface area contributed by atoms with Gasteiger partial charge < -0.3 is 5.32 Å². The fourth-order valence-corrected chi connectivity index (χ4v) is 1.54. The van der Waals surface area contributed by atoms with E-state index in [0.717, 1.165) is 0 Å². The molecule has 0 amide bonds. The van der Waals surface area contributed by atoms with E-state index in [1.54, 1.807) is 5.57 Å². The van der Waals surface area contributed by atoms with Crippen molar-refractivity contribution in [3.8, 4) is 0 Å². The summed E-state index contributed by atoms with van der Waals surface area (Å²) in [6.07, 6.45) is 9.10. The maximum atomic E-state index is 3.44. The summed E-state index contributed by atoms with van der Waals surface area (Å²) < 4.78 is 0. The van der Waals surface area contributed by atoms with Crippen LogP contribution in [0, 0.1) is 0 Å². The summed E-state index contributed by atoms with van der Waals surface area (Å²) in [4.78, 5) is 0. The standard InChI is InChI=1S/C8H11N/c1-2-4-8-7(3-1)5-6-9-8/h1-3,8-9H,4-6H2. The largest absolute Gasteiger partial charge is 0.310 e. The summed E-state index contributed by atoms with van der Waals surface area (Å²) in [6.45, 7) is 1.18. The van der Waals surface area contributed by atoms with Gasteiger partial charge in [0, 0.05) is 6.04 Å². The van der Waals surface area contributed by atoms with Crippen LogP contribution in [0.4, 0.5) is 0 Å². The molecule has 1 fully saturated rings. The van der Waals surface area contributed by atoms with Crippen molar-refractivity contribution in [1.29, 1.82) is 0 Å². The maximum Gasteiger partial charge on any atom is 0.0317 e. The SMILES string of the molecule is C1=CCC2NCCC2=C1. The van der Waals surface area contributed by atoms with Crippen molar-refractivity contribution in [2.24, 2.45) is 0 Å². The zero-order chi connectivity index (χ0) is 6.10. The fraction of sp³-hybridized carbons (Fsp3) is 0.500. The van der Waals surface area contributed by atoms with E-state index in [9.17, 15) is 0 Å². The van der Waals surface area contributed by atoms with E-state index in [1.807, 2.05) is 0 Å². The van der Waals surface area contributed by atoms with Crippen LogP contribution in [0.25, 0.3) is 0 Å². The predicted molar refractivity (Wildman–Crippen MR) is 38.2 cm³/mol. The van der Waals surface area contributed by atoms with E-state index in [0.29, 0.717) is 6.04 Å². The van der Waals surface area contributed by atoms with E-state index in [2.05, 4.69) is 23.5 Å². The normalized spacial score (nSPS) is 32.0. The lowest BCUT2D eigenvalue weighted by Crippen LogP contribution is -2.22. The molecule has 9 heavy (non-hydrogen) atoms. The Kier molecular flexibility index (Phi) is 1.16. The molecule has 0 aromatic rings. The van der Waals surface area contributed by atoms with Crippen LogP contribution in [0.3, 0.4) is 0 Å². The molecule has 1 aliphatic heterocycles. The van der Waals surface area contributed by atoms with Gasteiger partial charge in [0.05, 0.1) is 0 Å². The van der Waals surface area contributed by atoms with Crippen LogP contribution < -0.4 is 5.32 Å². The average Bonchev–Trinajstić information content (AvgIpc) is 2.33. The van der Waals surface area contributed by atoms with Crippen LogP contribution in [0.1, 0.15) is 12.8 Å². The Labute approximate surface area is 55.5 Å². The van der Waals surface area contributed by atoms with Crippen LogP contribution in [-0.4, -0.2) is 12.6 Å². The molecule has 1 atom stereocenters. The van der Waals surface area contributed by atoms with E-state index >= 15 is 0 Å². The number of allylic oxidation sites excluding steroid dienone is 2. The van der Waals surface area contributed by atoms with E-state index in [-0.39, 0.29) is 0 Å². The van der Waals surface area contributed by atoms with Crippen LogP contribution in [0.5, 0.6) is 0 Å². The first-order chi connectivity index (χ1) is 4.47. The lowest BCUT2D eigenvalue weighted by atomic mass is 10.0. The zero-order valence-corrected chi connectivity index (χ0v) is 5.43. The number of hydrogen-bond donors (Lipinski definition) is 1. The summed E-state index contributed by atoms with van der Waals surface area (Å²) in [5.41, 5.74) is 1.59. The molecular weight excluding hydrogens is 110 g/mol. The summed E-state index contributed by atoms with van der Waals surface area (Å²) in [7, 11) is 0. The van der Waals surface area contributed by atoms with Crippen LogP contribution in [0.15, 0.2) is 23.8 Å². The lowest BCUT2D eigenvalue weighted by molar-refractivity contribution is 0.669. The van der Waals surface area contributed by atoms with Gasteiger partial charge in [0.15, 0.2) is 0 Å². The molecule has 0 aromatic carbocycles. The summed E-state index contributed by atoms with van der Waals surface area (Å²) in [5, 5.41) is 3.44. The molecule has 48 valence electrons. The smallest absolute Gasteiger partial charge is 0.0317 e. The average molecular weight is 121 g/mol. The molecule has 0 bridgehead atoms. The predicted octanol–water partition coefficient (Wildman–Crippen LogP) is 1.23. The Morgan fingerprint density at radius 1 is 1.56 bits per heavy atom. The third-order valence-electron chi connectivity index (χ3n) is 2.07. The summed E-state index contributed by atoms with van der Waals surface area (Å²) >= 11 is 0. The van der Waals surface area contributed by atoms with Crippen LogP contribution >= 0.6 is 0 Å². The second kappa shape index (κ2) is 1.99. The van der Waals surface area contributed by atoms with Gasteiger partial charge in [0.1, 0.15) is 0 Å². The van der Waals surface area contributed by atoms with Crippen molar-refractivity contribution >= 4 is 0 Å². The Bertz CT molecular complexity index is 167. The summed E-state index contributed by atoms with van der Waals surface area (Å²) in [6, 6.07) is 0.690. The molecule has 0 radical (unpaired) electrons. The molecule has 0 aromatic heterocycles. The molecule has 0 saturated carbocycles. The monoisotopic (exact) mass is 121 g/mol. The van der Waals surface area contributed by atoms with Crippen molar-refractivity contribution in [2.45, 2.75) is 18.9 Å². The van der Waals surface area contributed by atoms with Gasteiger partial charge in [-0.25, -0.2) is 0 Å². The third kappa shape index (κ3) is 0.815. The molecule has 1 saturated heterocycles. The molecule has 1 nitrogen and oxygen atoms in total. The van der Waals surface area contributed by atoms with Crippen molar-refractivity contribution < 1.29 is 0 Å². The van der Waals surface area contributed by atoms with Gasteiger partial charge >= 0.3 is 0 Å². The Morgan fingerprint density at radius 2 is 2.56 bits per heavy atom. The first-order valence-corrected chi connectivity index (χ1v) is 3.56. The number of fused-ring (bicyclic) bond motifs is 1. The van der Waals surface area contributed by atoms with Gasteiger partial charge in [0.2, 0.25) is 0 Å². The first-order valence-electron chi connectivity index (χ1n) is 3.56. The minimum absolute atomic E-state index is 0.690. The molecule has 1 aliphatic carbocycles. The number of rotatable bonds is 0. The summed E-state index contributed by atoms with van der Waals surface area (Å²) in [5.74, 6) is 0. The van der Waals surface area contributed by atoms with Crippen molar-refractivity contribution in [3.63, 3.8) is 0 Å². The molecule has 1 heterocycles.